The number of unbranched alkanes of at least 4 members (excludes halogenated alkanes) is 2. The molecule has 4 aliphatic heterocycles. The van der Waals surface area contributed by atoms with Crippen LogP contribution in [0.2, 0.25) is 0 Å². The molecule has 15 atom stereocenters. The van der Waals surface area contributed by atoms with E-state index in [1.54, 1.807) is 12.1 Å². The van der Waals surface area contributed by atoms with Crippen molar-refractivity contribution in [2.45, 2.75) is 151 Å². The minimum absolute atomic E-state index is 0.0549. The number of fused-ring (bicyclic) bond motifs is 2. The second-order valence-corrected chi connectivity index (χ2v) is 24.3. The second kappa shape index (κ2) is 29.8. The highest BCUT2D eigenvalue weighted by Gasteiger charge is 2.50. The number of hydrogen-bond donors (Lipinski definition) is 13. The minimum Gasteiger partial charge on any atom is -0.508 e. The number of rotatable bonds is 18. The van der Waals surface area contributed by atoms with Gasteiger partial charge in [0.25, 0.3) is 5.91 Å². The third-order valence-corrected chi connectivity index (χ3v) is 17.3. The normalized spacial score (nSPS) is 27.7. The lowest BCUT2D eigenvalue weighted by atomic mass is 9.96. The Morgan fingerprint density at radius 2 is 1.21 bits per heavy atom. The van der Waals surface area contributed by atoms with Crippen LogP contribution in [0.15, 0.2) is 97.1 Å². The van der Waals surface area contributed by atoms with Gasteiger partial charge in [-0.3, -0.25) is 33.6 Å². The van der Waals surface area contributed by atoms with Crippen molar-refractivity contribution in [1.29, 1.82) is 0 Å². The first-order chi connectivity index (χ1) is 42.4. The van der Waals surface area contributed by atoms with Gasteiger partial charge in [-0.15, -0.1) is 0 Å². The minimum atomic E-state index is -2.28. The Balaban J connectivity index is 1.12. The third-order valence-electron chi connectivity index (χ3n) is 17.3. The van der Waals surface area contributed by atoms with Crippen LogP contribution in [0.4, 0.5) is 0 Å². The quantitative estimate of drug-likeness (QED) is 0.0459. The molecule has 0 bridgehead atoms. The lowest BCUT2D eigenvalue weighted by Crippen LogP contribution is -2.64. The number of likely N-dealkylation sites (tertiary alicyclic amines) is 1. The zero-order chi connectivity index (χ0) is 64.4. The molecule has 0 aromatic heterocycles. The number of carbonyl (C=O) groups excluding carboxylic acids is 7. The van der Waals surface area contributed by atoms with Crippen molar-refractivity contribution in [3.63, 3.8) is 0 Å². The number of phenols is 1. The molecule has 482 valence electrons. The first-order valence-corrected chi connectivity index (χ1v) is 30.4. The van der Waals surface area contributed by atoms with E-state index >= 15 is 0 Å². The van der Waals surface area contributed by atoms with Crippen molar-refractivity contribution in [3.8, 4) is 33.8 Å². The molecule has 8 rings (SSSR count). The predicted octanol–water partition coefficient (Wildman–Crippen LogP) is -0.0525. The molecule has 1 unspecified atom stereocenters. The van der Waals surface area contributed by atoms with Gasteiger partial charge >= 0.3 is 0 Å². The number of nitrogens with zero attached hydrogens (tertiary/aromatic N) is 3. The molecule has 25 nitrogen and oxygen atoms in total. The SMILES string of the molecule is CCCCCOc1ccc(-c2ccc(-c3ccc(C(=O)N[C@H]4C[C@@H](O)[C@@H](OCC[N+]5(C)CCC5)NC(=O)[C@@H]5[C@@H](O)[C@@H](C)CN5C(=O)[C@H]([C@@H](C)O)NC(=O)[C@H]([C@H](O)C(O)c5ccc(O)cc5)NC(=O)[C@@H]5C[C@@H](O)CN5C(=O)[C@H]([C@@H](C)O)NC4=O)cc3)cc2)cc1. The highest BCUT2D eigenvalue weighted by molar-refractivity contribution is 6.00. The number of amides is 7. The summed E-state index contributed by atoms with van der Waals surface area (Å²) in [6.07, 6.45) is -11.6. The number of benzene rings is 4. The molecule has 89 heavy (non-hydrogen) atoms. The van der Waals surface area contributed by atoms with Crippen LogP contribution in [-0.4, -0.2) is 229 Å². The summed E-state index contributed by atoms with van der Waals surface area (Å²) >= 11 is 0. The van der Waals surface area contributed by atoms with Crippen LogP contribution in [0.25, 0.3) is 22.3 Å². The maximum absolute atomic E-state index is 14.8. The van der Waals surface area contributed by atoms with Gasteiger partial charge < -0.3 is 91.2 Å². The highest BCUT2D eigenvalue weighted by atomic mass is 16.5. The fraction of sp³-hybridized carbons (Fsp3) is 0.516. The molecular formula is C64H85N8O17+. The topological polar surface area (TPSA) is 366 Å². The lowest BCUT2D eigenvalue weighted by molar-refractivity contribution is -0.946. The predicted molar refractivity (Wildman–Crippen MR) is 323 cm³/mol. The molecule has 4 fully saturated rings. The van der Waals surface area contributed by atoms with Crippen molar-refractivity contribution >= 4 is 41.4 Å². The Labute approximate surface area is 516 Å². The zero-order valence-corrected chi connectivity index (χ0v) is 50.7. The van der Waals surface area contributed by atoms with Crippen LogP contribution in [0, 0.1) is 5.92 Å². The van der Waals surface area contributed by atoms with Crippen molar-refractivity contribution in [1.82, 2.24) is 36.4 Å². The molecule has 7 amide bonds. The van der Waals surface area contributed by atoms with Crippen LogP contribution >= 0.6 is 0 Å². The van der Waals surface area contributed by atoms with Gasteiger partial charge in [0.15, 0.2) is 6.23 Å². The molecule has 4 saturated heterocycles. The van der Waals surface area contributed by atoms with Gasteiger partial charge in [0.05, 0.1) is 57.8 Å². The maximum atomic E-state index is 14.8. The van der Waals surface area contributed by atoms with Crippen LogP contribution in [-0.2, 0) is 33.5 Å². The standard InChI is InChI=1S/C64H84N8O17/c1-6-7-8-29-88-46-24-20-41(21-25-46)39-12-10-38(11-13-39)40-14-16-43(17-15-40)57(81)65-47-32-49(77)62(89-30-28-72(5)26-9-27-72)69-61(85)53-54(78)35(2)33-71(53)64(87)51(37(4)74)67-60(84)52(56(80)55(79)42-18-22-44(75)23-19-42)68-59(83)48-31-45(76)34-70(48)63(86)50(36(3)73)66-58(47)82/h10-25,35-37,45,47-56,62,73-74,76-80H,6-9,26-34H2,1-5H3,(H5-,65,66,67,68,69,75,81,82,83,84,85)/p+1/t35-,36+,37+,45+,47-,48-,49+,50-,51-,52-,53-,54-,55?,56-,62+/m0/s1. The Kier molecular flexibility index (Phi) is 22.6. The number of nitrogens with one attached hydrogen (secondary N) is 5. The Hall–Kier alpha value is -7.59. The number of likely N-dealkylation sites (N-methyl/N-ethyl adjacent to an activating group) is 1. The van der Waals surface area contributed by atoms with E-state index in [0.717, 1.165) is 90.4 Å². The largest absolute Gasteiger partial charge is 0.508 e. The van der Waals surface area contributed by atoms with Gasteiger partial charge in [-0.1, -0.05) is 87.4 Å². The first-order valence-electron chi connectivity index (χ1n) is 30.4. The molecule has 0 aliphatic carbocycles. The monoisotopic (exact) mass is 1240 g/mol. The van der Waals surface area contributed by atoms with E-state index in [1.807, 2.05) is 55.6 Å². The van der Waals surface area contributed by atoms with Gasteiger partial charge in [0, 0.05) is 43.8 Å². The van der Waals surface area contributed by atoms with Crippen molar-refractivity contribution < 1.29 is 88.4 Å². The Morgan fingerprint density at radius 3 is 1.78 bits per heavy atom. The summed E-state index contributed by atoms with van der Waals surface area (Å²) in [5.74, 6) is -8.17. The number of aliphatic hydroxyl groups excluding tert-OH is 7. The molecule has 0 radical (unpaired) electrons. The maximum Gasteiger partial charge on any atom is 0.251 e. The van der Waals surface area contributed by atoms with Gasteiger partial charge in [-0.2, -0.15) is 0 Å². The fourth-order valence-electron chi connectivity index (χ4n) is 11.7. The number of ether oxygens (including phenoxy) is 2. The van der Waals surface area contributed by atoms with Crippen LogP contribution in [0.3, 0.4) is 0 Å². The zero-order valence-electron chi connectivity index (χ0n) is 50.7. The number of aliphatic hydroxyl groups is 7. The van der Waals surface area contributed by atoms with Gasteiger partial charge in [0.2, 0.25) is 35.4 Å². The number of quaternary nitrogens is 1. The summed E-state index contributed by atoms with van der Waals surface area (Å²) in [7, 11) is 1.98. The summed E-state index contributed by atoms with van der Waals surface area (Å²) in [5, 5.41) is 103. The highest BCUT2D eigenvalue weighted by Crippen LogP contribution is 2.30. The van der Waals surface area contributed by atoms with Gasteiger partial charge in [0.1, 0.15) is 72.6 Å². The molecule has 0 spiro atoms. The fourth-order valence-corrected chi connectivity index (χ4v) is 11.7. The van der Waals surface area contributed by atoms with Crippen molar-refractivity contribution in [3.05, 3.63) is 108 Å². The summed E-state index contributed by atoms with van der Waals surface area (Å²) in [6.45, 7) is 7.63. The lowest BCUT2D eigenvalue weighted by Gasteiger charge is -2.42. The third kappa shape index (κ3) is 16.4. The molecule has 0 saturated carbocycles. The molecule has 25 heteroatoms. The van der Waals surface area contributed by atoms with Crippen LogP contribution in [0.5, 0.6) is 11.5 Å². The van der Waals surface area contributed by atoms with Crippen molar-refractivity contribution in [2.24, 2.45) is 5.92 Å². The van der Waals surface area contributed by atoms with Crippen LogP contribution in [0.1, 0.15) is 88.2 Å². The average molecular weight is 1240 g/mol. The molecule has 13 N–H and O–H groups in total. The molecular weight excluding hydrogens is 1150 g/mol. The molecule has 4 aliphatic rings. The summed E-state index contributed by atoms with van der Waals surface area (Å²) in [6, 6.07) is 15.4. The second-order valence-electron chi connectivity index (χ2n) is 24.3. The van der Waals surface area contributed by atoms with E-state index < -0.39 is 152 Å². The van der Waals surface area contributed by atoms with E-state index in [-0.39, 0.29) is 30.0 Å². The van der Waals surface area contributed by atoms with E-state index in [0.29, 0.717) is 17.6 Å². The molecule has 4 aromatic rings. The number of carbonyl (C=O) groups is 7. The Morgan fingerprint density at radius 1 is 0.663 bits per heavy atom. The molecule has 4 aromatic carbocycles. The van der Waals surface area contributed by atoms with Crippen molar-refractivity contribution in [2.75, 3.05) is 53.0 Å². The van der Waals surface area contributed by atoms with E-state index in [4.69, 9.17) is 9.47 Å². The number of phenolic OH excluding ortho intramolecular Hbond substituents is 1. The number of hydrogen-bond acceptors (Lipinski definition) is 17. The molecule has 4 heterocycles. The van der Waals surface area contributed by atoms with E-state index in [9.17, 15) is 74.4 Å². The summed E-state index contributed by atoms with van der Waals surface area (Å²) in [5.41, 5.74) is 3.50. The van der Waals surface area contributed by atoms with Crippen LogP contribution < -0.4 is 31.3 Å². The smallest absolute Gasteiger partial charge is 0.251 e. The van der Waals surface area contributed by atoms with E-state index in [1.165, 1.54) is 43.3 Å². The summed E-state index contributed by atoms with van der Waals surface area (Å²) < 4.78 is 12.7. The number of aromatic hydroxyl groups is 1. The Bertz CT molecular complexity index is 3090. The van der Waals surface area contributed by atoms with E-state index in [2.05, 4.69) is 33.5 Å². The van der Waals surface area contributed by atoms with Gasteiger partial charge in [-0.05, 0) is 84.5 Å². The first kappa shape index (κ1) is 67.3. The van der Waals surface area contributed by atoms with Gasteiger partial charge in [-0.25, -0.2) is 0 Å². The summed E-state index contributed by atoms with van der Waals surface area (Å²) in [4.78, 5) is 104. The average Bonchev–Trinajstić information content (AvgIpc) is 1.84.